The Balaban J connectivity index is 1.66. The maximum absolute atomic E-state index is 13.2. The zero-order valence-electron chi connectivity index (χ0n) is 17.2. The maximum Gasteiger partial charge on any atom is 0.322 e. The molecule has 0 bridgehead atoms. The lowest BCUT2D eigenvalue weighted by atomic mass is 9.92. The van der Waals surface area contributed by atoms with Gasteiger partial charge in [-0.05, 0) is 28.9 Å². The Morgan fingerprint density at radius 1 is 0.903 bits per heavy atom. The summed E-state index contributed by atoms with van der Waals surface area (Å²) in [7, 11) is 0. The monoisotopic (exact) mass is 431 g/mol. The Hall–Kier alpha value is -3.05. The molecule has 4 nitrogen and oxygen atoms in total. The van der Waals surface area contributed by atoms with Crippen LogP contribution in [0.5, 0.6) is 0 Å². The van der Waals surface area contributed by atoms with Gasteiger partial charge in [0, 0.05) is 6.54 Å². The minimum atomic E-state index is -1.22. The summed E-state index contributed by atoms with van der Waals surface area (Å²) in [5.74, 6) is -0.415. The quantitative estimate of drug-likeness (QED) is 0.548. The molecular weight excluding hydrogens is 406 g/mol. The molecule has 0 aromatic heterocycles. The summed E-state index contributed by atoms with van der Waals surface area (Å²) in [5.41, 5.74) is 3.02. The number of aryl methyl sites for hydroxylation is 1. The number of amides is 1. The van der Waals surface area contributed by atoms with Gasteiger partial charge in [-0.3, -0.25) is 9.59 Å². The van der Waals surface area contributed by atoms with Crippen LogP contribution in [0, 0.1) is 0 Å². The molecule has 1 aliphatic rings. The minimum Gasteiger partial charge on any atom is -0.480 e. The number of hydrogen-bond acceptors (Lipinski definition) is 3. The van der Waals surface area contributed by atoms with Gasteiger partial charge in [0.1, 0.15) is 4.75 Å². The molecule has 0 unspecified atom stereocenters. The molecule has 5 heteroatoms. The van der Waals surface area contributed by atoms with Crippen LogP contribution in [0.4, 0.5) is 0 Å². The van der Waals surface area contributed by atoms with E-state index in [1.807, 2.05) is 91.0 Å². The molecule has 0 aliphatic carbocycles. The molecular formula is C26H25NO3S. The van der Waals surface area contributed by atoms with Crippen molar-refractivity contribution in [1.29, 1.82) is 0 Å². The third-order valence-corrected chi connectivity index (χ3v) is 7.22. The average Bonchev–Trinajstić information content (AvgIpc) is 3.08. The highest BCUT2D eigenvalue weighted by molar-refractivity contribution is 8.01. The van der Waals surface area contributed by atoms with Crippen molar-refractivity contribution in [1.82, 2.24) is 4.90 Å². The second kappa shape index (κ2) is 9.40. The first-order valence-corrected chi connectivity index (χ1v) is 11.4. The van der Waals surface area contributed by atoms with Crippen molar-refractivity contribution in [2.45, 2.75) is 30.2 Å². The predicted octanol–water partition coefficient (Wildman–Crippen LogP) is 4.96. The molecule has 1 saturated heterocycles. The number of nitrogens with zero attached hydrogens (tertiary/aromatic N) is 1. The standard InChI is InChI=1S/C26H25NO3S/c28-23-18-26(25(29)30,31-17-16-20-10-4-1-5-11-20)24(22-14-8-3-9-15-22)27(23)19-21-12-6-2-7-13-21/h1-15,24H,16-19H2,(H,29,30)/t24-,26-/m1/s1. The van der Waals surface area contributed by atoms with Crippen molar-refractivity contribution in [2.75, 3.05) is 5.75 Å². The lowest BCUT2D eigenvalue weighted by Crippen LogP contribution is -2.42. The van der Waals surface area contributed by atoms with Crippen molar-refractivity contribution in [2.24, 2.45) is 0 Å². The number of aliphatic carboxylic acids is 1. The predicted molar refractivity (Wildman–Crippen MR) is 124 cm³/mol. The second-order valence-electron chi connectivity index (χ2n) is 7.78. The average molecular weight is 432 g/mol. The largest absolute Gasteiger partial charge is 0.480 e. The number of carbonyl (C=O) groups is 2. The molecule has 1 heterocycles. The van der Waals surface area contributed by atoms with Crippen LogP contribution < -0.4 is 0 Å². The number of carboxylic acid groups (broad SMARTS) is 1. The van der Waals surface area contributed by atoms with Crippen LogP contribution >= 0.6 is 11.8 Å². The molecule has 1 aliphatic heterocycles. The fourth-order valence-electron chi connectivity index (χ4n) is 4.24. The van der Waals surface area contributed by atoms with Crippen molar-refractivity contribution >= 4 is 23.6 Å². The third-order valence-electron chi connectivity index (χ3n) is 5.75. The lowest BCUT2D eigenvalue weighted by molar-refractivity contribution is -0.140. The molecule has 1 fully saturated rings. The Labute approximate surface area is 186 Å². The van der Waals surface area contributed by atoms with Gasteiger partial charge in [-0.1, -0.05) is 91.0 Å². The van der Waals surface area contributed by atoms with Gasteiger partial charge in [-0.2, -0.15) is 0 Å². The van der Waals surface area contributed by atoms with Crippen LogP contribution in [0.3, 0.4) is 0 Å². The topological polar surface area (TPSA) is 57.6 Å². The minimum absolute atomic E-state index is 0.00577. The summed E-state index contributed by atoms with van der Waals surface area (Å²) < 4.78 is -1.22. The molecule has 1 amide bonds. The van der Waals surface area contributed by atoms with Gasteiger partial charge < -0.3 is 10.0 Å². The number of thioether (sulfide) groups is 1. The molecule has 2 atom stereocenters. The van der Waals surface area contributed by atoms with Crippen LogP contribution in [0.15, 0.2) is 91.0 Å². The summed E-state index contributed by atoms with van der Waals surface area (Å²) in [6, 6.07) is 28.8. The van der Waals surface area contributed by atoms with Crippen LogP contribution in [0.1, 0.15) is 29.2 Å². The zero-order valence-corrected chi connectivity index (χ0v) is 18.0. The highest BCUT2D eigenvalue weighted by Gasteiger charge is 2.57. The summed E-state index contributed by atoms with van der Waals surface area (Å²) >= 11 is 1.39. The smallest absolute Gasteiger partial charge is 0.322 e. The molecule has 0 radical (unpaired) electrons. The third kappa shape index (κ3) is 4.52. The van der Waals surface area contributed by atoms with Gasteiger partial charge in [0.25, 0.3) is 0 Å². The molecule has 158 valence electrons. The number of carbonyl (C=O) groups excluding carboxylic acids is 1. The van der Waals surface area contributed by atoms with Crippen LogP contribution in [-0.2, 0) is 22.6 Å². The highest BCUT2D eigenvalue weighted by Crippen LogP contribution is 2.50. The van der Waals surface area contributed by atoms with Crippen molar-refractivity contribution in [3.8, 4) is 0 Å². The van der Waals surface area contributed by atoms with Gasteiger partial charge in [-0.25, -0.2) is 0 Å². The van der Waals surface area contributed by atoms with E-state index in [0.29, 0.717) is 12.3 Å². The lowest BCUT2D eigenvalue weighted by Gasteiger charge is -2.34. The maximum atomic E-state index is 13.2. The van der Waals surface area contributed by atoms with Crippen molar-refractivity contribution in [3.05, 3.63) is 108 Å². The second-order valence-corrected chi connectivity index (χ2v) is 9.20. The van der Waals surface area contributed by atoms with Crippen LogP contribution in [0.2, 0.25) is 0 Å². The van der Waals surface area contributed by atoms with Crippen LogP contribution in [-0.4, -0.2) is 32.4 Å². The number of rotatable bonds is 8. The van der Waals surface area contributed by atoms with E-state index in [0.717, 1.165) is 23.1 Å². The van der Waals surface area contributed by atoms with E-state index < -0.39 is 16.8 Å². The SMILES string of the molecule is O=C1C[C@](SCCc2ccccc2)(C(=O)O)[C@@H](c2ccccc2)N1Cc1ccccc1. The van der Waals surface area contributed by atoms with E-state index in [1.54, 1.807) is 4.90 Å². The molecule has 0 saturated carbocycles. The highest BCUT2D eigenvalue weighted by atomic mass is 32.2. The Morgan fingerprint density at radius 2 is 1.45 bits per heavy atom. The zero-order chi connectivity index (χ0) is 21.7. The normalized spacial score (nSPS) is 20.7. The van der Waals surface area contributed by atoms with Crippen molar-refractivity contribution in [3.63, 3.8) is 0 Å². The van der Waals surface area contributed by atoms with E-state index in [-0.39, 0.29) is 12.3 Å². The Bertz CT molecular complexity index is 1030. The molecule has 3 aromatic rings. The van der Waals surface area contributed by atoms with Gasteiger partial charge in [0.15, 0.2) is 0 Å². The van der Waals surface area contributed by atoms with E-state index in [9.17, 15) is 14.7 Å². The van der Waals surface area contributed by atoms with Crippen LogP contribution in [0.25, 0.3) is 0 Å². The first kappa shape index (κ1) is 21.2. The van der Waals surface area contributed by atoms with E-state index >= 15 is 0 Å². The first-order chi connectivity index (χ1) is 15.1. The summed E-state index contributed by atoms with van der Waals surface area (Å²) in [4.78, 5) is 27.6. The Kier molecular flexibility index (Phi) is 6.42. The molecule has 4 rings (SSSR count). The van der Waals surface area contributed by atoms with Gasteiger partial charge in [-0.15, -0.1) is 11.8 Å². The number of hydrogen-bond donors (Lipinski definition) is 1. The molecule has 0 spiro atoms. The van der Waals surface area contributed by atoms with Gasteiger partial charge in [0.2, 0.25) is 5.91 Å². The summed E-state index contributed by atoms with van der Waals surface area (Å²) in [6.07, 6.45) is 0.753. The number of carboxylic acids is 1. The van der Waals surface area contributed by atoms with E-state index in [1.165, 1.54) is 11.8 Å². The van der Waals surface area contributed by atoms with Gasteiger partial charge >= 0.3 is 5.97 Å². The van der Waals surface area contributed by atoms with E-state index in [4.69, 9.17) is 0 Å². The fraction of sp³-hybridized carbons (Fsp3) is 0.231. The number of benzene rings is 3. The molecule has 1 N–H and O–H groups in total. The first-order valence-electron chi connectivity index (χ1n) is 10.4. The van der Waals surface area contributed by atoms with Crippen molar-refractivity contribution < 1.29 is 14.7 Å². The summed E-state index contributed by atoms with van der Waals surface area (Å²) in [6.45, 7) is 0.396. The van der Waals surface area contributed by atoms with E-state index in [2.05, 4.69) is 0 Å². The molecule has 31 heavy (non-hydrogen) atoms. The Morgan fingerprint density at radius 3 is 2.03 bits per heavy atom. The molecule has 3 aromatic carbocycles. The summed E-state index contributed by atoms with van der Waals surface area (Å²) in [5, 5.41) is 10.4. The number of likely N-dealkylation sites (tertiary alicyclic amines) is 1. The van der Waals surface area contributed by atoms with Gasteiger partial charge in [0.05, 0.1) is 12.5 Å². The fourth-order valence-corrected chi connectivity index (χ4v) is 5.71.